The normalized spacial score (nSPS) is 10.0. The minimum absolute atomic E-state index is 0. The molecular weight excluding hydrogens is 301 g/mol. The van der Waals surface area contributed by atoms with Gasteiger partial charge in [-0.3, -0.25) is 4.79 Å². The average molecular weight is 316 g/mol. The molecule has 3 aromatic carbocycles. The van der Waals surface area contributed by atoms with E-state index in [2.05, 4.69) is 5.32 Å². The summed E-state index contributed by atoms with van der Waals surface area (Å²) in [6.45, 7) is 1.93. The van der Waals surface area contributed by atoms with Gasteiger partial charge in [0, 0.05) is 57.1 Å². The molecule has 1 amide bonds. The first kappa shape index (κ1) is 17.2. The van der Waals surface area contributed by atoms with E-state index in [-0.39, 0.29) is 68.6 Å². The van der Waals surface area contributed by atoms with Gasteiger partial charge in [0.2, 0.25) is 0 Å². The Kier molecular flexibility index (Phi) is 5.78. The van der Waals surface area contributed by atoms with Gasteiger partial charge in [-0.2, -0.15) is 0 Å². The first-order chi connectivity index (χ1) is 10.1. The van der Waals surface area contributed by atoms with Crippen LogP contribution in [-0.2, 0) is 0 Å². The van der Waals surface area contributed by atoms with E-state index in [1.54, 1.807) is 12.1 Å². The van der Waals surface area contributed by atoms with Crippen molar-refractivity contribution in [3.05, 3.63) is 71.8 Å². The van der Waals surface area contributed by atoms with Crippen LogP contribution < -0.4 is 5.32 Å². The Morgan fingerprint density at radius 1 is 0.955 bits per heavy atom. The van der Waals surface area contributed by atoms with Gasteiger partial charge in [-0.05, 0) is 41.5 Å². The van der Waals surface area contributed by atoms with Crippen LogP contribution in [0.15, 0.2) is 60.7 Å². The molecule has 0 saturated heterocycles. The fraction of sp³-hybridized carbons (Fsp3) is 0.0556. The number of amides is 1. The van der Waals surface area contributed by atoms with Crippen molar-refractivity contribution >= 4 is 73.8 Å². The largest absolute Gasteiger partial charge is 0.507 e. The maximum atomic E-state index is 12.4. The van der Waals surface area contributed by atoms with Crippen LogP contribution in [0.1, 0.15) is 15.9 Å². The molecule has 4 heteroatoms. The number of phenolic OH excluding ortho intramolecular Hbond substituents is 1. The zero-order valence-corrected chi connectivity index (χ0v) is 15.8. The summed E-state index contributed by atoms with van der Waals surface area (Å²) >= 11 is 0. The van der Waals surface area contributed by atoms with Gasteiger partial charge in [0.15, 0.2) is 0 Å². The molecule has 105 valence electrons. The topological polar surface area (TPSA) is 49.3 Å². The summed E-state index contributed by atoms with van der Waals surface area (Å²) in [6, 6.07) is 18.5. The van der Waals surface area contributed by atoms with Crippen molar-refractivity contribution < 1.29 is 9.90 Å². The van der Waals surface area contributed by atoms with E-state index in [1.807, 2.05) is 55.5 Å². The van der Waals surface area contributed by atoms with Crippen molar-refractivity contribution in [1.82, 2.24) is 0 Å². The van der Waals surface area contributed by atoms with Crippen LogP contribution in [0.25, 0.3) is 10.8 Å². The van der Waals surface area contributed by atoms with Gasteiger partial charge in [0.25, 0.3) is 5.91 Å². The Morgan fingerprint density at radius 2 is 1.55 bits per heavy atom. The van der Waals surface area contributed by atoms with E-state index >= 15 is 0 Å². The number of fused-ring (bicyclic) bond motifs is 1. The number of aryl methyl sites for hydroxylation is 1. The van der Waals surface area contributed by atoms with Crippen LogP contribution in [-0.4, -0.2) is 62.4 Å². The summed E-state index contributed by atoms with van der Waals surface area (Å²) in [6.07, 6.45) is 0. The maximum Gasteiger partial charge on any atom is 0.259 e. The van der Waals surface area contributed by atoms with E-state index in [1.165, 1.54) is 0 Å². The third-order valence-electron chi connectivity index (χ3n) is 3.50. The Bertz CT molecular complexity index is 830. The van der Waals surface area contributed by atoms with Crippen molar-refractivity contribution in [3.63, 3.8) is 0 Å². The molecule has 0 saturated carbocycles. The second-order valence-corrected chi connectivity index (χ2v) is 4.99. The van der Waals surface area contributed by atoms with Gasteiger partial charge in [-0.15, -0.1) is 0 Å². The Labute approximate surface area is 171 Å². The molecule has 2 N–H and O–H groups in total. The molecule has 0 heterocycles. The number of aromatic hydroxyl groups is 1. The molecule has 0 atom stereocenters. The van der Waals surface area contributed by atoms with E-state index in [0.29, 0.717) is 0 Å². The molecule has 0 aromatic heterocycles. The fourth-order valence-electron chi connectivity index (χ4n) is 2.31. The second kappa shape index (κ2) is 7.39. The Balaban J connectivity index is 0.00000176. The van der Waals surface area contributed by atoms with Crippen molar-refractivity contribution in [2.75, 3.05) is 5.32 Å². The average Bonchev–Trinajstić information content (AvgIpc) is 2.49. The van der Waals surface area contributed by atoms with Crippen molar-refractivity contribution in [2.45, 2.75) is 6.92 Å². The van der Waals surface area contributed by atoms with Crippen molar-refractivity contribution in [1.29, 1.82) is 0 Å². The summed E-state index contributed by atoms with van der Waals surface area (Å²) in [5.41, 5.74) is 2.00. The number of rotatable bonds is 2. The molecule has 3 rings (SSSR count). The quantitative estimate of drug-likeness (QED) is 0.708. The predicted molar refractivity (Wildman–Crippen MR) is 90.5 cm³/mol. The maximum absolute atomic E-state index is 12.4. The Hall–Kier alpha value is -1.17. The number of anilines is 1. The van der Waals surface area contributed by atoms with Crippen LogP contribution in [0.2, 0.25) is 0 Å². The van der Waals surface area contributed by atoms with Crippen LogP contribution in [0.4, 0.5) is 5.69 Å². The standard InChI is InChI=1S/C18H15NO2.K/c1-12-6-2-5-9-16(12)19-18(21)15-10-13-7-3-4-8-14(13)11-17(15)20;/h2-11,20H,1H3,(H,19,21);. The smallest absolute Gasteiger partial charge is 0.259 e. The first-order valence-corrected chi connectivity index (χ1v) is 6.74. The fourth-order valence-corrected chi connectivity index (χ4v) is 2.31. The molecule has 0 bridgehead atoms. The third-order valence-corrected chi connectivity index (χ3v) is 3.50. The molecular formula is C18H15KNO2. The van der Waals surface area contributed by atoms with Gasteiger partial charge in [0.05, 0.1) is 5.56 Å². The SMILES string of the molecule is Cc1ccccc1NC(=O)c1cc2ccccc2cc1O.[K]. The van der Waals surface area contributed by atoms with Crippen molar-refractivity contribution in [3.8, 4) is 5.75 Å². The zero-order chi connectivity index (χ0) is 14.8. The molecule has 3 nitrogen and oxygen atoms in total. The van der Waals surface area contributed by atoms with Gasteiger partial charge >= 0.3 is 0 Å². The van der Waals surface area contributed by atoms with E-state index < -0.39 is 0 Å². The number of carbonyl (C=O) groups excluding carboxylic acids is 1. The van der Waals surface area contributed by atoms with Crippen LogP contribution in [0.3, 0.4) is 0 Å². The molecule has 0 aliphatic carbocycles. The summed E-state index contributed by atoms with van der Waals surface area (Å²) in [7, 11) is 0. The van der Waals surface area contributed by atoms with E-state index in [9.17, 15) is 9.90 Å². The molecule has 3 aromatic rings. The summed E-state index contributed by atoms with van der Waals surface area (Å²) < 4.78 is 0. The van der Waals surface area contributed by atoms with Crippen molar-refractivity contribution in [2.24, 2.45) is 0 Å². The second-order valence-electron chi connectivity index (χ2n) is 4.99. The monoisotopic (exact) mass is 316 g/mol. The summed E-state index contributed by atoms with van der Waals surface area (Å²) in [5.74, 6) is -0.327. The number of phenols is 1. The zero-order valence-electron chi connectivity index (χ0n) is 12.6. The minimum atomic E-state index is -0.312. The summed E-state index contributed by atoms with van der Waals surface area (Å²) in [4.78, 5) is 12.4. The van der Waals surface area contributed by atoms with Crippen LogP contribution >= 0.6 is 0 Å². The third kappa shape index (κ3) is 3.59. The number of carbonyl (C=O) groups is 1. The number of nitrogens with one attached hydrogen (secondary N) is 1. The number of benzene rings is 3. The van der Waals surface area contributed by atoms with Crippen LogP contribution in [0, 0.1) is 6.92 Å². The number of hydrogen-bond acceptors (Lipinski definition) is 2. The molecule has 0 aliphatic rings. The summed E-state index contributed by atoms with van der Waals surface area (Å²) in [5, 5.41) is 14.7. The van der Waals surface area contributed by atoms with Gasteiger partial charge in [-0.25, -0.2) is 0 Å². The molecule has 1 radical (unpaired) electrons. The molecule has 0 fully saturated rings. The van der Waals surface area contributed by atoms with Crippen LogP contribution in [0.5, 0.6) is 5.75 Å². The Morgan fingerprint density at radius 3 is 2.23 bits per heavy atom. The van der Waals surface area contributed by atoms with Gasteiger partial charge < -0.3 is 10.4 Å². The minimum Gasteiger partial charge on any atom is -0.507 e. The van der Waals surface area contributed by atoms with E-state index in [4.69, 9.17) is 0 Å². The number of para-hydroxylation sites is 1. The molecule has 0 spiro atoms. The number of hydrogen-bond donors (Lipinski definition) is 2. The molecule has 0 aliphatic heterocycles. The molecule has 0 unspecified atom stereocenters. The van der Waals surface area contributed by atoms with Gasteiger partial charge in [-0.1, -0.05) is 42.5 Å². The molecule has 22 heavy (non-hydrogen) atoms. The predicted octanol–water partition coefficient (Wildman–Crippen LogP) is 3.73. The van der Waals surface area contributed by atoms with Gasteiger partial charge in [0.1, 0.15) is 5.75 Å². The first-order valence-electron chi connectivity index (χ1n) is 6.74. The van der Waals surface area contributed by atoms with E-state index in [0.717, 1.165) is 22.0 Å².